The van der Waals surface area contributed by atoms with Crippen LogP contribution in [-0.4, -0.2) is 30.3 Å². The van der Waals surface area contributed by atoms with Crippen LogP contribution in [0.5, 0.6) is 5.75 Å². The van der Waals surface area contributed by atoms with Crippen LogP contribution in [0, 0.1) is 11.8 Å². The second-order valence-corrected chi connectivity index (χ2v) is 7.80. The van der Waals surface area contributed by atoms with Crippen LogP contribution >= 0.6 is 0 Å². The fraction of sp³-hybridized carbons (Fsp3) is 0.667. The maximum absolute atomic E-state index is 13.5. The topological polar surface area (TPSA) is 49.8 Å². The van der Waals surface area contributed by atoms with E-state index in [9.17, 15) is 9.90 Å². The fourth-order valence-electron chi connectivity index (χ4n) is 4.34. The van der Waals surface area contributed by atoms with Gasteiger partial charge in [-0.25, -0.2) is 0 Å². The maximum Gasteiger partial charge on any atom is 0.230 e. The molecule has 1 aromatic carbocycles. The van der Waals surface area contributed by atoms with Crippen molar-refractivity contribution in [3.63, 3.8) is 0 Å². The first-order valence-corrected chi connectivity index (χ1v) is 9.74. The minimum absolute atomic E-state index is 0.118. The van der Waals surface area contributed by atoms with Crippen molar-refractivity contribution in [2.45, 2.75) is 70.4 Å². The number of ether oxygens (including phenoxy) is 1. The van der Waals surface area contributed by atoms with E-state index in [0.29, 0.717) is 0 Å². The smallest absolute Gasteiger partial charge is 0.230 e. The molecule has 138 valence electrons. The van der Waals surface area contributed by atoms with E-state index in [0.717, 1.165) is 68.7 Å². The fourth-order valence-corrected chi connectivity index (χ4v) is 4.34. The Morgan fingerprint density at radius 1 is 1.04 bits per heavy atom. The van der Waals surface area contributed by atoms with Gasteiger partial charge in [0.1, 0.15) is 5.75 Å². The van der Waals surface area contributed by atoms with Crippen molar-refractivity contribution in [2.75, 3.05) is 12.0 Å². The van der Waals surface area contributed by atoms with Gasteiger partial charge in [0, 0.05) is 12.0 Å². The Hall–Kier alpha value is -1.55. The molecule has 0 saturated heterocycles. The molecule has 4 heteroatoms. The number of aliphatic hydroxyl groups is 1. The lowest BCUT2D eigenvalue weighted by molar-refractivity contribution is -0.124. The van der Waals surface area contributed by atoms with Crippen LogP contribution in [0.1, 0.15) is 58.3 Å². The summed E-state index contributed by atoms with van der Waals surface area (Å²) in [6.07, 6.45) is 7.28. The van der Waals surface area contributed by atoms with E-state index in [1.54, 1.807) is 7.11 Å². The minimum Gasteiger partial charge on any atom is -0.495 e. The van der Waals surface area contributed by atoms with Crippen molar-refractivity contribution >= 4 is 11.6 Å². The quantitative estimate of drug-likeness (QED) is 0.891. The van der Waals surface area contributed by atoms with Crippen LogP contribution in [0.15, 0.2) is 24.3 Å². The molecule has 3 rings (SSSR count). The molecule has 0 radical (unpaired) electrons. The van der Waals surface area contributed by atoms with E-state index in [1.807, 2.05) is 29.2 Å². The van der Waals surface area contributed by atoms with Gasteiger partial charge in [-0.15, -0.1) is 0 Å². The summed E-state index contributed by atoms with van der Waals surface area (Å²) in [5, 5.41) is 9.87. The molecule has 0 bridgehead atoms. The highest BCUT2D eigenvalue weighted by Crippen LogP contribution is 2.37. The van der Waals surface area contributed by atoms with Crippen molar-refractivity contribution in [3.8, 4) is 5.75 Å². The number of carbonyl (C=O) groups is 1. The number of benzene rings is 1. The first-order valence-electron chi connectivity index (χ1n) is 9.74. The number of hydrogen-bond acceptors (Lipinski definition) is 3. The third-order valence-corrected chi connectivity index (χ3v) is 5.98. The van der Waals surface area contributed by atoms with Crippen LogP contribution in [0.3, 0.4) is 0 Å². The highest BCUT2D eigenvalue weighted by Gasteiger charge is 2.35. The van der Waals surface area contributed by atoms with Gasteiger partial charge in [-0.3, -0.25) is 4.79 Å². The number of rotatable bonds is 4. The highest BCUT2D eigenvalue weighted by molar-refractivity contribution is 5.97. The molecule has 25 heavy (non-hydrogen) atoms. The molecule has 0 aromatic heterocycles. The number of carbonyl (C=O) groups excluding carboxylic acids is 1. The molecule has 1 aromatic rings. The zero-order valence-electron chi connectivity index (χ0n) is 15.5. The molecule has 2 fully saturated rings. The Labute approximate surface area is 151 Å². The SMILES string of the molecule is COc1ccccc1N(C(=O)C1CCC(C)CC1)C1CCC(O)CC1. The molecule has 1 N–H and O–H groups in total. The van der Waals surface area contributed by atoms with Crippen LogP contribution < -0.4 is 9.64 Å². The largest absolute Gasteiger partial charge is 0.495 e. The summed E-state index contributed by atoms with van der Waals surface area (Å²) >= 11 is 0. The molecular weight excluding hydrogens is 314 g/mol. The zero-order chi connectivity index (χ0) is 17.8. The monoisotopic (exact) mass is 345 g/mol. The van der Waals surface area contributed by atoms with Crippen molar-refractivity contribution in [1.29, 1.82) is 0 Å². The zero-order valence-corrected chi connectivity index (χ0v) is 15.5. The number of methoxy groups -OCH3 is 1. The molecule has 0 atom stereocenters. The first-order chi connectivity index (χ1) is 12.1. The van der Waals surface area contributed by atoms with Gasteiger partial charge in [0.2, 0.25) is 5.91 Å². The predicted octanol–water partition coefficient (Wildman–Crippen LogP) is 4.16. The molecule has 0 aliphatic heterocycles. The lowest BCUT2D eigenvalue weighted by atomic mass is 9.81. The van der Waals surface area contributed by atoms with E-state index < -0.39 is 0 Å². The number of amides is 1. The van der Waals surface area contributed by atoms with Crippen molar-refractivity contribution < 1.29 is 14.6 Å². The normalized spacial score (nSPS) is 29.9. The second-order valence-electron chi connectivity index (χ2n) is 7.80. The number of para-hydroxylation sites is 2. The third-order valence-electron chi connectivity index (χ3n) is 5.98. The van der Waals surface area contributed by atoms with Gasteiger partial charge < -0.3 is 14.7 Å². The lowest BCUT2D eigenvalue weighted by Crippen LogP contribution is -2.46. The Bertz CT molecular complexity index is 572. The van der Waals surface area contributed by atoms with E-state index >= 15 is 0 Å². The summed E-state index contributed by atoms with van der Waals surface area (Å²) < 4.78 is 5.55. The van der Waals surface area contributed by atoms with E-state index in [4.69, 9.17) is 4.74 Å². The average Bonchev–Trinajstić information content (AvgIpc) is 2.64. The summed E-state index contributed by atoms with van der Waals surface area (Å²) in [5.41, 5.74) is 0.884. The molecule has 0 unspecified atom stereocenters. The summed E-state index contributed by atoms with van der Waals surface area (Å²) in [7, 11) is 1.66. The Morgan fingerprint density at radius 2 is 1.68 bits per heavy atom. The average molecular weight is 345 g/mol. The Kier molecular flexibility index (Phi) is 6.00. The summed E-state index contributed by atoms with van der Waals surface area (Å²) in [4.78, 5) is 15.5. The number of aliphatic hydroxyl groups excluding tert-OH is 1. The molecular formula is C21H31NO3. The first kappa shape index (κ1) is 18.2. The van der Waals surface area contributed by atoms with E-state index in [-0.39, 0.29) is 24.0 Å². The van der Waals surface area contributed by atoms with Crippen LogP contribution in [0.25, 0.3) is 0 Å². The summed E-state index contributed by atoms with van der Waals surface area (Å²) in [5.74, 6) is 1.85. The molecule has 0 heterocycles. The van der Waals surface area contributed by atoms with Gasteiger partial charge in [-0.05, 0) is 69.4 Å². The van der Waals surface area contributed by atoms with E-state index in [2.05, 4.69) is 6.92 Å². The third kappa shape index (κ3) is 4.17. The van der Waals surface area contributed by atoms with Crippen LogP contribution in [0.2, 0.25) is 0 Å². The number of anilines is 1. The van der Waals surface area contributed by atoms with Gasteiger partial charge in [-0.2, -0.15) is 0 Å². The van der Waals surface area contributed by atoms with Gasteiger partial charge in [0.15, 0.2) is 0 Å². The Morgan fingerprint density at radius 3 is 2.32 bits per heavy atom. The summed E-state index contributed by atoms with van der Waals surface area (Å²) in [6.45, 7) is 2.28. The maximum atomic E-state index is 13.5. The number of nitrogens with zero attached hydrogens (tertiary/aromatic N) is 1. The minimum atomic E-state index is -0.221. The summed E-state index contributed by atoms with van der Waals surface area (Å²) in [6, 6.07) is 7.99. The van der Waals surface area contributed by atoms with Gasteiger partial charge in [-0.1, -0.05) is 19.1 Å². The second kappa shape index (κ2) is 8.22. The van der Waals surface area contributed by atoms with Crippen molar-refractivity contribution in [1.82, 2.24) is 0 Å². The van der Waals surface area contributed by atoms with Crippen molar-refractivity contribution in [2.24, 2.45) is 11.8 Å². The lowest BCUT2D eigenvalue weighted by Gasteiger charge is -2.39. The van der Waals surface area contributed by atoms with E-state index in [1.165, 1.54) is 0 Å². The predicted molar refractivity (Wildman–Crippen MR) is 99.9 cm³/mol. The van der Waals surface area contributed by atoms with Crippen LogP contribution in [0.4, 0.5) is 5.69 Å². The Balaban J connectivity index is 1.87. The molecule has 2 saturated carbocycles. The molecule has 4 nitrogen and oxygen atoms in total. The molecule has 0 spiro atoms. The standard InChI is InChI=1S/C21H31NO3/c1-15-7-9-16(10-8-15)21(24)22(17-11-13-18(23)14-12-17)19-5-3-4-6-20(19)25-2/h3-6,15-18,23H,7-14H2,1-2H3. The highest BCUT2D eigenvalue weighted by atomic mass is 16.5. The van der Waals surface area contributed by atoms with Crippen LogP contribution in [-0.2, 0) is 4.79 Å². The van der Waals surface area contributed by atoms with Gasteiger partial charge >= 0.3 is 0 Å². The molecule has 2 aliphatic rings. The number of hydrogen-bond donors (Lipinski definition) is 1. The van der Waals surface area contributed by atoms with Gasteiger partial charge in [0.25, 0.3) is 0 Å². The van der Waals surface area contributed by atoms with Crippen molar-refractivity contribution in [3.05, 3.63) is 24.3 Å². The van der Waals surface area contributed by atoms with Gasteiger partial charge in [0.05, 0.1) is 18.9 Å². The molecule has 1 amide bonds. The molecule has 2 aliphatic carbocycles.